The first-order chi connectivity index (χ1) is 14.1. The standard InChI is InChI=1S/C23H27N3O2S/c1-24-22(28)26(15-17-6-7-18-4-2-3-5-19(18)14-17)21(27)23(24)9-11-25(12-10-23)20-8-13-29-16-20/h2-7,14,20H,8-13,15-16H2,1H3/t20-/m1/s1. The molecule has 0 saturated carbocycles. The van der Waals surface area contributed by atoms with Gasteiger partial charge in [0.05, 0.1) is 6.54 Å². The lowest BCUT2D eigenvalue weighted by Crippen LogP contribution is -2.57. The normalized spacial score (nSPS) is 24.9. The van der Waals surface area contributed by atoms with Crippen molar-refractivity contribution in [3.63, 3.8) is 0 Å². The molecule has 1 spiro atoms. The first kappa shape index (κ1) is 18.9. The Kier molecular flexibility index (Phi) is 4.79. The average Bonchev–Trinajstić information content (AvgIpc) is 3.35. The topological polar surface area (TPSA) is 43.9 Å². The van der Waals surface area contributed by atoms with Gasteiger partial charge in [-0.25, -0.2) is 4.79 Å². The molecular weight excluding hydrogens is 382 g/mol. The second-order valence-electron chi connectivity index (χ2n) is 8.50. The molecule has 2 aromatic rings. The summed E-state index contributed by atoms with van der Waals surface area (Å²) >= 11 is 2.02. The highest BCUT2D eigenvalue weighted by Gasteiger charge is 2.56. The number of piperidine rings is 1. The molecule has 0 aliphatic carbocycles. The lowest BCUT2D eigenvalue weighted by Gasteiger charge is -2.42. The number of urea groups is 1. The molecule has 3 saturated heterocycles. The van der Waals surface area contributed by atoms with Gasteiger partial charge < -0.3 is 4.90 Å². The maximum atomic E-state index is 13.4. The van der Waals surface area contributed by atoms with Gasteiger partial charge in [-0.05, 0) is 47.4 Å². The van der Waals surface area contributed by atoms with Crippen LogP contribution in [0.5, 0.6) is 0 Å². The highest BCUT2D eigenvalue weighted by Crippen LogP contribution is 2.38. The van der Waals surface area contributed by atoms with Gasteiger partial charge in [0.2, 0.25) is 0 Å². The second kappa shape index (κ2) is 7.33. The number of thioether (sulfide) groups is 1. The van der Waals surface area contributed by atoms with Crippen LogP contribution >= 0.6 is 11.8 Å². The van der Waals surface area contributed by atoms with E-state index in [1.54, 1.807) is 4.90 Å². The van der Waals surface area contributed by atoms with E-state index in [1.165, 1.54) is 28.2 Å². The summed E-state index contributed by atoms with van der Waals surface area (Å²) in [6.07, 6.45) is 2.72. The summed E-state index contributed by atoms with van der Waals surface area (Å²) in [5, 5.41) is 2.30. The Bertz CT molecular complexity index is 948. The van der Waals surface area contributed by atoms with Crippen molar-refractivity contribution in [3.8, 4) is 0 Å². The molecular formula is C23H27N3O2S. The van der Waals surface area contributed by atoms with Crippen LogP contribution in [0, 0.1) is 0 Å². The number of likely N-dealkylation sites (tertiary alicyclic amines) is 1. The van der Waals surface area contributed by atoms with Crippen molar-refractivity contribution in [2.75, 3.05) is 31.6 Å². The van der Waals surface area contributed by atoms with Gasteiger partial charge in [-0.2, -0.15) is 11.8 Å². The SMILES string of the molecule is CN1C(=O)N(Cc2ccc3ccccc3c2)C(=O)C12CCN([C@@H]1CCSC1)CC2. The molecule has 6 heteroatoms. The molecule has 0 aromatic heterocycles. The molecule has 5 nitrogen and oxygen atoms in total. The van der Waals surface area contributed by atoms with E-state index in [9.17, 15) is 9.59 Å². The van der Waals surface area contributed by atoms with Gasteiger partial charge in [0.1, 0.15) is 5.54 Å². The van der Waals surface area contributed by atoms with Gasteiger partial charge in [0, 0.05) is 31.9 Å². The number of rotatable bonds is 3. The number of carbonyl (C=O) groups is 2. The molecule has 3 heterocycles. The molecule has 29 heavy (non-hydrogen) atoms. The summed E-state index contributed by atoms with van der Waals surface area (Å²) in [4.78, 5) is 32.2. The zero-order chi connectivity index (χ0) is 20.0. The van der Waals surface area contributed by atoms with Crippen molar-refractivity contribution in [1.29, 1.82) is 0 Å². The smallest absolute Gasteiger partial charge is 0.312 e. The summed E-state index contributed by atoms with van der Waals surface area (Å²) < 4.78 is 0. The number of amides is 3. The molecule has 1 atom stereocenters. The van der Waals surface area contributed by atoms with Crippen LogP contribution in [0.4, 0.5) is 4.79 Å². The number of hydrogen-bond donors (Lipinski definition) is 0. The molecule has 152 valence electrons. The highest BCUT2D eigenvalue weighted by atomic mass is 32.2. The van der Waals surface area contributed by atoms with Gasteiger partial charge in [0.25, 0.3) is 5.91 Å². The fourth-order valence-corrected chi connectivity index (χ4v) is 6.38. The van der Waals surface area contributed by atoms with Crippen molar-refractivity contribution >= 4 is 34.5 Å². The number of benzene rings is 2. The lowest BCUT2D eigenvalue weighted by atomic mass is 9.85. The maximum absolute atomic E-state index is 13.4. The quantitative estimate of drug-likeness (QED) is 0.727. The third-order valence-electron chi connectivity index (χ3n) is 7.00. The zero-order valence-electron chi connectivity index (χ0n) is 16.8. The van der Waals surface area contributed by atoms with Crippen molar-refractivity contribution in [3.05, 3.63) is 48.0 Å². The van der Waals surface area contributed by atoms with Crippen LogP contribution in [0.15, 0.2) is 42.5 Å². The largest absolute Gasteiger partial charge is 0.327 e. The van der Waals surface area contributed by atoms with Crippen molar-refractivity contribution < 1.29 is 9.59 Å². The molecule has 3 aliphatic heterocycles. The Hall–Kier alpha value is -2.05. The summed E-state index contributed by atoms with van der Waals surface area (Å²) in [5.41, 5.74) is 0.340. The van der Waals surface area contributed by atoms with Crippen LogP contribution in [0.25, 0.3) is 10.8 Å². The first-order valence-corrected chi connectivity index (χ1v) is 11.6. The van der Waals surface area contributed by atoms with Crippen LogP contribution in [-0.2, 0) is 11.3 Å². The van der Waals surface area contributed by atoms with E-state index >= 15 is 0 Å². The van der Waals surface area contributed by atoms with Crippen LogP contribution in [0.2, 0.25) is 0 Å². The van der Waals surface area contributed by atoms with Gasteiger partial charge in [-0.15, -0.1) is 0 Å². The minimum atomic E-state index is -0.657. The molecule has 2 aromatic carbocycles. The third kappa shape index (κ3) is 3.13. The van der Waals surface area contributed by atoms with Crippen LogP contribution < -0.4 is 0 Å². The fraction of sp³-hybridized carbons (Fsp3) is 0.478. The molecule has 0 N–H and O–H groups in total. The third-order valence-corrected chi connectivity index (χ3v) is 8.15. The predicted molar refractivity (Wildman–Crippen MR) is 117 cm³/mol. The highest BCUT2D eigenvalue weighted by molar-refractivity contribution is 7.99. The lowest BCUT2D eigenvalue weighted by molar-refractivity contribution is -0.135. The summed E-state index contributed by atoms with van der Waals surface area (Å²) in [5.74, 6) is 2.42. The van der Waals surface area contributed by atoms with E-state index in [0.717, 1.165) is 36.9 Å². The summed E-state index contributed by atoms with van der Waals surface area (Å²) in [6.45, 7) is 2.15. The number of hydrogen-bond acceptors (Lipinski definition) is 4. The number of nitrogens with zero attached hydrogens (tertiary/aromatic N) is 3. The average molecular weight is 410 g/mol. The van der Waals surface area contributed by atoms with Gasteiger partial charge >= 0.3 is 6.03 Å². The van der Waals surface area contributed by atoms with Gasteiger partial charge in [-0.1, -0.05) is 36.4 Å². The number of carbonyl (C=O) groups excluding carboxylic acids is 2. The Morgan fingerprint density at radius 3 is 2.55 bits per heavy atom. The molecule has 3 amide bonds. The first-order valence-electron chi connectivity index (χ1n) is 10.5. The van der Waals surface area contributed by atoms with E-state index in [0.29, 0.717) is 12.6 Å². The molecule has 0 radical (unpaired) electrons. The van der Waals surface area contributed by atoms with Crippen molar-refractivity contribution in [2.24, 2.45) is 0 Å². The van der Waals surface area contributed by atoms with Crippen molar-refractivity contribution in [1.82, 2.24) is 14.7 Å². The monoisotopic (exact) mass is 409 g/mol. The molecule has 3 aliphatic rings. The van der Waals surface area contributed by atoms with Crippen LogP contribution in [0.1, 0.15) is 24.8 Å². The van der Waals surface area contributed by atoms with Crippen LogP contribution in [0.3, 0.4) is 0 Å². The molecule has 0 bridgehead atoms. The predicted octanol–water partition coefficient (Wildman–Crippen LogP) is 3.57. The number of likely N-dealkylation sites (N-methyl/N-ethyl adjacent to an activating group) is 1. The minimum absolute atomic E-state index is 0.0152. The minimum Gasteiger partial charge on any atom is -0.312 e. The Labute approximate surface area is 176 Å². The zero-order valence-corrected chi connectivity index (χ0v) is 17.7. The Morgan fingerprint density at radius 2 is 1.83 bits per heavy atom. The Morgan fingerprint density at radius 1 is 1.07 bits per heavy atom. The number of imide groups is 1. The maximum Gasteiger partial charge on any atom is 0.327 e. The van der Waals surface area contributed by atoms with E-state index in [4.69, 9.17) is 0 Å². The Balaban J connectivity index is 1.34. The van der Waals surface area contributed by atoms with E-state index in [1.807, 2.05) is 37.0 Å². The van der Waals surface area contributed by atoms with E-state index in [2.05, 4.69) is 29.2 Å². The van der Waals surface area contributed by atoms with Gasteiger partial charge in [0.15, 0.2) is 0 Å². The number of fused-ring (bicyclic) bond motifs is 1. The summed E-state index contributed by atoms with van der Waals surface area (Å²) in [6, 6.07) is 14.8. The van der Waals surface area contributed by atoms with Gasteiger partial charge in [-0.3, -0.25) is 14.6 Å². The fourth-order valence-electron chi connectivity index (χ4n) is 5.12. The van der Waals surface area contributed by atoms with E-state index < -0.39 is 5.54 Å². The van der Waals surface area contributed by atoms with E-state index in [-0.39, 0.29) is 11.9 Å². The second-order valence-corrected chi connectivity index (χ2v) is 9.65. The molecule has 3 fully saturated rings. The van der Waals surface area contributed by atoms with Crippen molar-refractivity contribution in [2.45, 2.75) is 37.4 Å². The molecule has 0 unspecified atom stereocenters. The van der Waals surface area contributed by atoms with Crippen LogP contribution in [-0.4, -0.2) is 69.9 Å². The molecule has 5 rings (SSSR count). The summed E-state index contributed by atoms with van der Waals surface area (Å²) in [7, 11) is 1.81.